The number of hydrogen-bond donors (Lipinski definition) is 1. The van der Waals surface area contributed by atoms with Crippen molar-refractivity contribution in [2.45, 2.75) is 39.2 Å². The maximum Gasteiger partial charge on any atom is 0.157 e. The second kappa shape index (κ2) is 7.67. The third-order valence-electron chi connectivity index (χ3n) is 3.69. The van der Waals surface area contributed by atoms with Crippen LogP contribution >= 0.6 is 0 Å². The van der Waals surface area contributed by atoms with Crippen LogP contribution in [0.25, 0.3) is 0 Å². The zero-order chi connectivity index (χ0) is 14.4. The third-order valence-corrected chi connectivity index (χ3v) is 3.69. The Bertz CT molecular complexity index is 408. The molecule has 0 aliphatic carbocycles. The van der Waals surface area contributed by atoms with Gasteiger partial charge in [0.15, 0.2) is 5.82 Å². The van der Waals surface area contributed by atoms with Gasteiger partial charge in [0.05, 0.1) is 6.61 Å². The highest BCUT2D eigenvalue weighted by molar-refractivity contribution is 5.25. The second-order valence-electron chi connectivity index (χ2n) is 5.23. The van der Waals surface area contributed by atoms with Crippen molar-refractivity contribution >= 4 is 0 Å². The summed E-state index contributed by atoms with van der Waals surface area (Å²) in [6.07, 6.45) is 3.20. The average molecular weight is 279 g/mol. The lowest BCUT2D eigenvalue weighted by molar-refractivity contribution is 0.104. The fourth-order valence-corrected chi connectivity index (χ4v) is 2.57. The van der Waals surface area contributed by atoms with E-state index in [1.807, 2.05) is 0 Å². The lowest BCUT2D eigenvalue weighted by Crippen LogP contribution is -2.22. The third kappa shape index (κ3) is 3.98. The van der Waals surface area contributed by atoms with Crippen molar-refractivity contribution in [2.24, 2.45) is 0 Å². The molecule has 5 nitrogen and oxygen atoms in total. The van der Waals surface area contributed by atoms with Gasteiger partial charge in [-0.15, -0.1) is 0 Å². The van der Waals surface area contributed by atoms with E-state index in [1.165, 1.54) is 5.56 Å². The molecule has 112 valence electrons. The molecular weight excluding hydrogens is 254 g/mol. The van der Waals surface area contributed by atoms with Crippen molar-refractivity contribution in [3.05, 3.63) is 22.8 Å². The number of aromatic nitrogens is 2. The summed E-state index contributed by atoms with van der Waals surface area (Å²) in [7, 11) is 1.72. The molecule has 0 saturated carbocycles. The Morgan fingerprint density at radius 3 is 2.60 bits per heavy atom. The maximum atomic E-state index is 5.66. The fourth-order valence-electron chi connectivity index (χ4n) is 2.57. The molecule has 5 heteroatoms. The molecule has 0 bridgehead atoms. The van der Waals surface area contributed by atoms with Gasteiger partial charge in [-0.25, -0.2) is 9.97 Å². The van der Waals surface area contributed by atoms with Crippen LogP contribution in [0.1, 0.15) is 41.7 Å². The maximum absolute atomic E-state index is 5.66. The molecule has 2 heterocycles. The first-order valence-electron chi connectivity index (χ1n) is 7.37. The summed E-state index contributed by atoms with van der Waals surface area (Å²) >= 11 is 0. The van der Waals surface area contributed by atoms with Crippen molar-refractivity contribution < 1.29 is 9.47 Å². The largest absolute Gasteiger partial charge is 0.383 e. The van der Waals surface area contributed by atoms with Crippen molar-refractivity contribution in [3.63, 3.8) is 0 Å². The van der Waals surface area contributed by atoms with E-state index >= 15 is 0 Å². The molecule has 1 aliphatic heterocycles. The number of ether oxygens (including phenoxy) is 2. The number of hydrogen-bond acceptors (Lipinski definition) is 5. The molecule has 0 aromatic carbocycles. The second-order valence-corrected chi connectivity index (χ2v) is 5.23. The van der Waals surface area contributed by atoms with Gasteiger partial charge in [-0.05, 0) is 45.2 Å². The number of nitrogens with zero attached hydrogens (tertiary/aromatic N) is 2. The van der Waals surface area contributed by atoms with Crippen molar-refractivity contribution in [2.75, 3.05) is 33.4 Å². The van der Waals surface area contributed by atoms with Crippen molar-refractivity contribution in [3.8, 4) is 0 Å². The van der Waals surface area contributed by atoms with Crippen LogP contribution in [0.4, 0.5) is 0 Å². The molecular formula is C15H25N3O2. The van der Waals surface area contributed by atoms with Gasteiger partial charge in [0.25, 0.3) is 0 Å². The lowest BCUT2D eigenvalue weighted by atomic mass is 10.1. The van der Waals surface area contributed by atoms with Crippen LogP contribution < -0.4 is 5.32 Å². The molecule has 1 atom stereocenters. The summed E-state index contributed by atoms with van der Waals surface area (Å²) in [6, 6.07) is 0. The summed E-state index contributed by atoms with van der Waals surface area (Å²) in [5.41, 5.74) is 3.41. The summed E-state index contributed by atoms with van der Waals surface area (Å²) in [4.78, 5) is 9.28. The van der Waals surface area contributed by atoms with E-state index in [4.69, 9.17) is 9.47 Å². The molecule has 0 spiro atoms. The van der Waals surface area contributed by atoms with E-state index in [9.17, 15) is 0 Å². The van der Waals surface area contributed by atoms with E-state index in [1.54, 1.807) is 7.11 Å². The Hall–Kier alpha value is -1.04. The van der Waals surface area contributed by atoms with E-state index in [0.717, 1.165) is 62.8 Å². The van der Waals surface area contributed by atoms with Gasteiger partial charge in [0, 0.05) is 31.6 Å². The molecule has 1 N–H and O–H groups in total. The summed E-state index contributed by atoms with van der Waals surface area (Å²) in [5.74, 6) is 0.855. The average Bonchev–Trinajstić information content (AvgIpc) is 2.95. The minimum Gasteiger partial charge on any atom is -0.383 e. The molecule has 0 amide bonds. The SMILES string of the molecule is COCCNCCc1c(C)nc(C2CCCO2)nc1C. The van der Waals surface area contributed by atoms with Crippen LogP contribution in [0.3, 0.4) is 0 Å². The number of methoxy groups -OCH3 is 1. The van der Waals surface area contributed by atoms with Gasteiger partial charge in [-0.3, -0.25) is 0 Å². The molecule has 1 saturated heterocycles. The Balaban J connectivity index is 1.95. The summed E-state index contributed by atoms with van der Waals surface area (Å²) in [6.45, 7) is 7.51. The van der Waals surface area contributed by atoms with E-state index in [0.29, 0.717) is 0 Å². The van der Waals surface area contributed by atoms with Crippen molar-refractivity contribution in [1.29, 1.82) is 0 Å². The van der Waals surface area contributed by atoms with Gasteiger partial charge in [-0.1, -0.05) is 0 Å². The molecule has 1 aliphatic rings. The van der Waals surface area contributed by atoms with Crippen molar-refractivity contribution in [1.82, 2.24) is 15.3 Å². The predicted octanol–water partition coefficient (Wildman–Crippen LogP) is 1.72. The van der Waals surface area contributed by atoms with E-state index in [-0.39, 0.29) is 6.10 Å². The van der Waals surface area contributed by atoms with Gasteiger partial charge < -0.3 is 14.8 Å². The van der Waals surface area contributed by atoms with E-state index in [2.05, 4.69) is 29.1 Å². The number of nitrogens with one attached hydrogen (secondary N) is 1. The quantitative estimate of drug-likeness (QED) is 0.770. The predicted molar refractivity (Wildman–Crippen MR) is 77.9 cm³/mol. The molecule has 0 radical (unpaired) electrons. The first-order chi connectivity index (χ1) is 9.72. The van der Waals surface area contributed by atoms with Crippen LogP contribution in [0.15, 0.2) is 0 Å². The summed E-state index contributed by atoms with van der Waals surface area (Å²) < 4.78 is 10.7. The Kier molecular flexibility index (Phi) is 5.88. The van der Waals surface area contributed by atoms with Crippen LogP contribution in [0.2, 0.25) is 0 Å². The highest BCUT2D eigenvalue weighted by atomic mass is 16.5. The molecule has 1 fully saturated rings. The molecule has 20 heavy (non-hydrogen) atoms. The number of rotatable bonds is 7. The van der Waals surface area contributed by atoms with Gasteiger partial charge >= 0.3 is 0 Å². The lowest BCUT2D eigenvalue weighted by Gasteiger charge is -2.14. The van der Waals surface area contributed by atoms with Crippen LogP contribution in [-0.2, 0) is 15.9 Å². The molecule has 1 unspecified atom stereocenters. The molecule has 2 rings (SSSR count). The fraction of sp³-hybridized carbons (Fsp3) is 0.733. The topological polar surface area (TPSA) is 56.3 Å². The van der Waals surface area contributed by atoms with Crippen LogP contribution in [0, 0.1) is 13.8 Å². The smallest absolute Gasteiger partial charge is 0.157 e. The van der Waals surface area contributed by atoms with Crippen LogP contribution in [0.5, 0.6) is 0 Å². The zero-order valence-electron chi connectivity index (χ0n) is 12.7. The van der Waals surface area contributed by atoms with Gasteiger partial charge in [0.1, 0.15) is 6.10 Å². The van der Waals surface area contributed by atoms with Crippen LogP contribution in [-0.4, -0.2) is 43.4 Å². The Morgan fingerprint density at radius 1 is 1.25 bits per heavy atom. The molecule has 1 aromatic rings. The zero-order valence-corrected chi connectivity index (χ0v) is 12.7. The van der Waals surface area contributed by atoms with E-state index < -0.39 is 0 Å². The first kappa shape index (κ1) is 15.4. The standard InChI is InChI=1S/C15H25N3O2/c1-11-13(6-7-16-8-10-19-3)12(2)18-15(17-11)14-5-4-9-20-14/h14,16H,4-10H2,1-3H3. The minimum absolute atomic E-state index is 0.0984. The first-order valence-corrected chi connectivity index (χ1v) is 7.37. The van der Waals surface area contributed by atoms with Gasteiger partial charge in [0.2, 0.25) is 0 Å². The number of aryl methyl sites for hydroxylation is 2. The normalized spacial score (nSPS) is 18.6. The molecule has 1 aromatic heterocycles. The highest BCUT2D eigenvalue weighted by Crippen LogP contribution is 2.27. The summed E-state index contributed by atoms with van der Waals surface area (Å²) in [5, 5.41) is 3.35. The monoisotopic (exact) mass is 279 g/mol. The minimum atomic E-state index is 0.0984. The van der Waals surface area contributed by atoms with Gasteiger partial charge in [-0.2, -0.15) is 0 Å². The Labute approximate surface area is 121 Å². The Morgan fingerprint density at radius 2 is 2.00 bits per heavy atom. The highest BCUT2D eigenvalue weighted by Gasteiger charge is 2.21.